The van der Waals surface area contributed by atoms with Crippen LogP contribution in [0.3, 0.4) is 0 Å². The SMILES string of the molecule is COC(=O)OC1=C(C)NC(C)=C(OC(=O)OC)C1C(C)c1cccc([N+](=O)[O-])c1. The number of carbonyl (C=O) groups excluding carboxylic acids is 2. The molecule has 0 fully saturated rings. The molecule has 1 N–H and O–H groups in total. The molecule has 2 rings (SSSR count). The molecule has 0 saturated heterocycles. The third-order valence-electron chi connectivity index (χ3n) is 4.51. The molecule has 0 saturated carbocycles. The number of dihydropyridines is 1. The second-order valence-electron chi connectivity index (χ2n) is 6.33. The van der Waals surface area contributed by atoms with Crippen molar-refractivity contribution in [1.29, 1.82) is 0 Å². The maximum absolute atomic E-state index is 11.8. The van der Waals surface area contributed by atoms with E-state index >= 15 is 0 Å². The molecule has 29 heavy (non-hydrogen) atoms. The lowest BCUT2D eigenvalue weighted by molar-refractivity contribution is -0.384. The summed E-state index contributed by atoms with van der Waals surface area (Å²) in [6.45, 7) is 5.14. The number of methoxy groups -OCH3 is 2. The number of nitrogens with zero attached hydrogens (tertiary/aromatic N) is 1. The number of ether oxygens (including phenoxy) is 4. The van der Waals surface area contributed by atoms with Gasteiger partial charge in [0, 0.05) is 12.1 Å². The minimum Gasteiger partial charge on any atom is -0.437 e. The number of nitrogens with one attached hydrogen (secondary N) is 1. The first-order chi connectivity index (χ1) is 13.7. The number of benzene rings is 1. The van der Waals surface area contributed by atoms with Crippen LogP contribution in [0.1, 0.15) is 32.3 Å². The molecule has 0 spiro atoms. The van der Waals surface area contributed by atoms with Crippen LogP contribution >= 0.6 is 0 Å². The number of non-ortho nitro benzene ring substituents is 1. The van der Waals surface area contributed by atoms with Gasteiger partial charge in [-0.1, -0.05) is 19.1 Å². The summed E-state index contributed by atoms with van der Waals surface area (Å²) < 4.78 is 19.8. The maximum atomic E-state index is 11.8. The van der Waals surface area contributed by atoms with E-state index in [2.05, 4.69) is 14.8 Å². The molecule has 10 heteroatoms. The van der Waals surface area contributed by atoms with E-state index in [4.69, 9.17) is 9.47 Å². The van der Waals surface area contributed by atoms with E-state index in [9.17, 15) is 19.7 Å². The van der Waals surface area contributed by atoms with Crippen molar-refractivity contribution < 1.29 is 33.5 Å². The van der Waals surface area contributed by atoms with Gasteiger partial charge in [0.25, 0.3) is 5.69 Å². The Morgan fingerprint density at radius 2 is 1.59 bits per heavy atom. The van der Waals surface area contributed by atoms with Crippen molar-refractivity contribution in [3.8, 4) is 0 Å². The van der Waals surface area contributed by atoms with Gasteiger partial charge in [0.05, 0.1) is 36.5 Å². The Labute approximate surface area is 167 Å². The first-order valence-electron chi connectivity index (χ1n) is 8.64. The zero-order chi connectivity index (χ0) is 21.7. The Hall–Kier alpha value is -3.56. The van der Waals surface area contributed by atoms with Gasteiger partial charge in [-0.2, -0.15) is 0 Å². The number of allylic oxidation sites excluding steroid dienone is 2. The molecular weight excluding hydrogens is 384 g/mol. The molecule has 0 aromatic heterocycles. The molecule has 0 amide bonds. The zero-order valence-corrected chi connectivity index (χ0v) is 16.7. The smallest absolute Gasteiger partial charge is 0.437 e. The topological polar surface area (TPSA) is 126 Å². The van der Waals surface area contributed by atoms with E-state index in [1.165, 1.54) is 26.4 Å². The molecule has 1 heterocycles. The predicted molar refractivity (Wildman–Crippen MR) is 101 cm³/mol. The molecule has 0 aliphatic carbocycles. The van der Waals surface area contributed by atoms with Crippen LogP contribution < -0.4 is 5.32 Å². The van der Waals surface area contributed by atoms with E-state index in [0.717, 1.165) is 0 Å². The van der Waals surface area contributed by atoms with Gasteiger partial charge < -0.3 is 24.3 Å². The summed E-state index contributed by atoms with van der Waals surface area (Å²) in [5.74, 6) is -0.890. The standard InChI is InChI=1S/C19H22N2O8/c1-10(13-7-6-8-14(9-13)21(24)25)15-16(28-18(22)26-4)11(2)20-12(3)17(15)29-19(23)27-5/h6-10,15,20H,1-5H3. The van der Waals surface area contributed by atoms with E-state index < -0.39 is 29.1 Å². The van der Waals surface area contributed by atoms with Crippen LogP contribution in [-0.2, 0) is 18.9 Å². The lowest BCUT2D eigenvalue weighted by Crippen LogP contribution is -2.32. The fourth-order valence-corrected chi connectivity index (χ4v) is 3.10. The highest BCUT2D eigenvalue weighted by Crippen LogP contribution is 2.41. The van der Waals surface area contributed by atoms with Crippen molar-refractivity contribution >= 4 is 18.0 Å². The highest BCUT2D eigenvalue weighted by Gasteiger charge is 2.38. The van der Waals surface area contributed by atoms with Gasteiger partial charge in [0.15, 0.2) is 0 Å². The molecular formula is C19H22N2O8. The number of nitro benzene ring substituents is 1. The number of carbonyl (C=O) groups is 2. The van der Waals surface area contributed by atoms with Crippen molar-refractivity contribution in [2.75, 3.05) is 14.2 Å². The van der Waals surface area contributed by atoms with Gasteiger partial charge in [-0.15, -0.1) is 0 Å². The monoisotopic (exact) mass is 406 g/mol. The Balaban J connectivity index is 2.56. The molecule has 0 bridgehead atoms. The Morgan fingerprint density at radius 1 is 1.07 bits per heavy atom. The van der Waals surface area contributed by atoms with Crippen LogP contribution in [0.5, 0.6) is 0 Å². The van der Waals surface area contributed by atoms with E-state index in [1.807, 2.05) is 0 Å². The van der Waals surface area contributed by atoms with E-state index in [-0.39, 0.29) is 17.2 Å². The van der Waals surface area contributed by atoms with Crippen molar-refractivity contribution in [2.24, 2.45) is 5.92 Å². The van der Waals surface area contributed by atoms with Crippen molar-refractivity contribution in [2.45, 2.75) is 26.7 Å². The van der Waals surface area contributed by atoms with Gasteiger partial charge in [0.1, 0.15) is 11.5 Å². The molecule has 10 nitrogen and oxygen atoms in total. The summed E-state index contributed by atoms with van der Waals surface area (Å²) >= 11 is 0. The van der Waals surface area contributed by atoms with Crippen LogP contribution in [-0.4, -0.2) is 31.5 Å². The lowest BCUT2D eigenvalue weighted by atomic mass is 9.82. The van der Waals surface area contributed by atoms with Crippen LogP contribution in [0.15, 0.2) is 47.2 Å². The second kappa shape index (κ2) is 9.09. The average molecular weight is 406 g/mol. The van der Waals surface area contributed by atoms with Gasteiger partial charge in [-0.05, 0) is 25.3 Å². The molecule has 156 valence electrons. The lowest BCUT2D eigenvalue weighted by Gasteiger charge is -2.33. The fourth-order valence-electron chi connectivity index (χ4n) is 3.10. The minimum absolute atomic E-state index is 0.0874. The number of hydrogen-bond donors (Lipinski definition) is 1. The molecule has 0 radical (unpaired) electrons. The summed E-state index contributed by atoms with van der Waals surface area (Å²) in [5, 5.41) is 14.1. The van der Waals surface area contributed by atoms with E-state index in [0.29, 0.717) is 17.0 Å². The zero-order valence-electron chi connectivity index (χ0n) is 16.7. The highest BCUT2D eigenvalue weighted by atomic mass is 16.7. The molecule has 1 aliphatic heterocycles. The largest absolute Gasteiger partial charge is 0.513 e. The minimum atomic E-state index is -0.950. The Morgan fingerprint density at radius 3 is 2.03 bits per heavy atom. The molecule has 1 atom stereocenters. The summed E-state index contributed by atoms with van der Waals surface area (Å²) in [7, 11) is 2.33. The van der Waals surface area contributed by atoms with Crippen LogP contribution in [0.25, 0.3) is 0 Å². The number of nitro groups is 1. The first kappa shape index (κ1) is 21.7. The quantitative estimate of drug-likeness (QED) is 0.439. The van der Waals surface area contributed by atoms with Gasteiger partial charge in [-0.25, -0.2) is 9.59 Å². The van der Waals surface area contributed by atoms with Gasteiger partial charge >= 0.3 is 12.3 Å². The van der Waals surface area contributed by atoms with Gasteiger partial charge in [-0.3, -0.25) is 10.1 Å². The Bertz CT molecular complexity index is 850. The van der Waals surface area contributed by atoms with Gasteiger partial charge in [0.2, 0.25) is 0 Å². The predicted octanol–water partition coefficient (Wildman–Crippen LogP) is 3.95. The maximum Gasteiger partial charge on any atom is 0.513 e. The van der Waals surface area contributed by atoms with E-state index in [1.54, 1.807) is 32.9 Å². The van der Waals surface area contributed by atoms with Crippen molar-refractivity contribution in [3.63, 3.8) is 0 Å². The van der Waals surface area contributed by atoms with Crippen LogP contribution in [0.4, 0.5) is 15.3 Å². The second-order valence-corrected chi connectivity index (χ2v) is 6.33. The highest BCUT2D eigenvalue weighted by molar-refractivity contribution is 5.64. The molecule has 1 unspecified atom stereocenters. The normalized spacial score (nSPS) is 15.3. The number of rotatable bonds is 5. The van der Waals surface area contributed by atoms with Crippen LogP contribution in [0, 0.1) is 16.0 Å². The fraction of sp³-hybridized carbons (Fsp3) is 0.368. The summed E-state index contributed by atoms with van der Waals surface area (Å²) in [6.07, 6.45) is -1.90. The summed E-state index contributed by atoms with van der Waals surface area (Å²) in [4.78, 5) is 34.2. The summed E-state index contributed by atoms with van der Waals surface area (Å²) in [6, 6.07) is 6.05. The van der Waals surface area contributed by atoms with Crippen LogP contribution in [0.2, 0.25) is 0 Å². The third-order valence-corrected chi connectivity index (χ3v) is 4.51. The average Bonchev–Trinajstić information content (AvgIpc) is 2.70. The summed E-state index contributed by atoms with van der Waals surface area (Å²) in [5.41, 5.74) is 1.51. The first-order valence-corrected chi connectivity index (χ1v) is 8.64. The Kier molecular flexibility index (Phi) is 6.81. The van der Waals surface area contributed by atoms with Crippen molar-refractivity contribution in [3.05, 3.63) is 62.9 Å². The third kappa shape index (κ3) is 4.84. The molecule has 1 aromatic carbocycles. The van der Waals surface area contributed by atoms with Crippen molar-refractivity contribution in [1.82, 2.24) is 5.32 Å². The number of hydrogen-bond acceptors (Lipinski definition) is 9. The molecule has 1 aliphatic rings. The molecule has 1 aromatic rings.